The van der Waals surface area contributed by atoms with Gasteiger partial charge >= 0.3 is 0 Å². The molecule has 0 atom stereocenters. The lowest BCUT2D eigenvalue weighted by Crippen LogP contribution is -2.24. The molecule has 0 amide bonds. The van der Waals surface area contributed by atoms with Crippen LogP contribution in [0.4, 0.5) is 0 Å². The van der Waals surface area contributed by atoms with Crippen molar-refractivity contribution in [2.75, 3.05) is 0 Å². The number of hydrogen-bond acceptors (Lipinski definition) is 2. The van der Waals surface area contributed by atoms with E-state index in [1.807, 2.05) is 6.20 Å². The Balaban J connectivity index is 1.90. The summed E-state index contributed by atoms with van der Waals surface area (Å²) in [6, 6.07) is 17.5. The van der Waals surface area contributed by atoms with Gasteiger partial charge in [0.15, 0.2) is 0 Å². The van der Waals surface area contributed by atoms with Gasteiger partial charge in [-0.2, -0.15) is 0 Å². The molecule has 1 aliphatic rings. The molecule has 2 nitrogen and oxygen atoms in total. The Morgan fingerprint density at radius 3 is 2.52 bits per heavy atom. The average Bonchev–Trinajstić information content (AvgIpc) is 2.65. The summed E-state index contributed by atoms with van der Waals surface area (Å²) in [5.74, 6) is 0.625. The van der Waals surface area contributed by atoms with Crippen molar-refractivity contribution in [1.82, 2.24) is 9.97 Å². The van der Waals surface area contributed by atoms with Gasteiger partial charge in [-0.15, -0.1) is 0 Å². The molecule has 0 saturated heterocycles. The summed E-state index contributed by atoms with van der Waals surface area (Å²) < 4.78 is 0. The molecular weight excluding hydrogens is 328 g/mol. The fourth-order valence-corrected chi connectivity index (χ4v) is 4.63. The van der Waals surface area contributed by atoms with E-state index in [-0.39, 0.29) is 5.41 Å². The number of nitrogens with zero attached hydrogens (tertiary/aromatic N) is 2. The lowest BCUT2D eigenvalue weighted by atomic mass is 9.70. The van der Waals surface area contributed by atoms with E-state index in [1.165, 1.54) is 33.0 Å². The van der Waals surface area contributed by atoms with Crippen molar-refractivity contribution in [3.8, 4) is 11.3 Å². The number of pyridine rings is 2. The Labute approximate surface area is 160 Å². The summed E-state index contributed by atoms with van der Waals surface area (Å²) in [7, 11) is 0. The van der Waals surface area contributed by atoms with Crippen LogP contribution in [0.3, 0.4) is 0 Å². The van der Waals surface area contributed by atoms with E-state index < -0.39 is 0 Å². The molecule has 0 bridgehead atoms. The maximum atomic E-state index is 5.18. The fourth-order valence-electron chi connectivity index (χ4n) is 4.63. The highest BCUT2D eigenvalue weighted by atomic mass is 14.7. The zero-order valence-corrected chi connectivity index (χ0v) is 16.4. The van der Waals surface area contributed by atoms with Crippen LogP contribution in [0.2, 0.25) is 0 Å². The highest BCUT2D eigenvalue weighted by Gasteiger charge is 2.34. The Bertz CT molecular complexity index is 1200. The minimum atomic E-state index is -0.100. The van der Waals surface area contributed by atoms with Gasteiger partial charge in [-0.25, -0.2) is 4.98 Å². The quantitative estimate of drug-likeness (QED) is 0.424. The van der Waals surface area contributed by atoms with Crippen LogP contribution in [0.25, 0.3) is 33.1 Å². The lowest BCUT2D eigenvalue weighted by molar-refractivity contribution is 0.641. The third-order valence-electron chi connectivity index (χ3n) is 5.95. The summed E-state index contributed by atoms with van der Waals surface area (Å²) in [4.78, 5) is 9.78. The van der Waals surface area contributed by atoms with Crippen molar-refractivity contribution in [2.24, 2.45) is 5.92 Å². The number of aromatic nitrogens is 2. The molecule has 0 fully saturated rings. The molecule has 2 aromatic carbocycles. The van der Waals surface area contributed by atoms with Gasteiger partial charge in [0.25, 0.3) is 0 Å². The monoisotopic (exact) mass is 352 g/mol. The van der Waals surface area contributed by atoms with Gasteiger partial charge in [0, 0.05) is 27.9 Å². The first-order valence-electron chi connectivity index (χ1n) is 9.78. The van der Waals surface area contributed by atoms with Crippen molar-refractivity contribution in [1.29, 1.82) is 0 Å². The van der Waals surface area contributed by atoms with E-state index in [0.29, 0.717) is 5.92 Å². The van der Waals surface area contributed by atoms with Gasteiger partial charge < -0.3 is 0 Å². The van der Waals surface area contributed by atoms with E-state index in [0.717, 1.165) is 23.1 Å². The predicted octanol–water partition coefficient (Wildman–Crippen LogP) is 6.29. The van der Waals surface area contributed by atoms with E-state index in [9.17, 15) is 0 Å². The molecule has 4 aromatic rings. The van der Waals surface area contributed by atoms with Gasteiger partial charge in [0.1, 0.15) is 0 Å². The molecule has 0 saturated carbocycles. The summed E-state index contributed by atoms with van der Waals surface area (Å²) in [5.41, 5.74) is 8.42. The fraction of sp³-hybridized carbons (Fsp3) is 0.280. The highest BCUT2D eigenvalue weighted by Crippen LogP contribution is 2.48. The van der Waals surface area contributed by atoms with Crippen LogP contribution in [-0.2, 0) is 11.8 Å². The SMILES string of the molecule is CC(C)Cc1cccc2nc3c(cc12)C(C)(C)c1cccc2nccc-3c12. The van der Waals surface area contributed by atoms with Crippen molar-refractivity contribution < 1.29 is 0 Å². The van der Waals surface area contributed by atoms with Crippen LogP contribution in [0, 0.1) is 5.92 Å². The Hall–Kier alpha value is -2.74. The van der Waals surface area contributed by atoms with Gasteiger partial charge in [-0.1, -0.05) is 52.0 Å². The Morgan fingerprint density at radius 1 is 0.926 bits per heavy atom. The second-order valence-electron chi connectivity index (χ2n) is 8.65. The largest absolute Gasteiger partial charge is 0.256 e. The van der Waals surface area contributed by atoms with Crippen molar-refractivity contribution in [3.05, 3.63) is 71.4 Å². The molecule has 2 heterocycles. The standard InChI is InChI=1S/C25H24N2/c1-15(2)13-16-7-5-9-21-18(16)14-20-24(27-21)17-11-12-26-22-10-6-8-19(23(17)22)25(20,3)4/h5-12,14-15H,13H2,1-4H3. The van der Waals surface area contributed by atoms with E-state index in [4.69, 9.17) is 4.98 Å². The summed E-state index contributed by atoms with van der Waals surface area (Å²) in [6.07, 6.45) is 2.99. The Kier molecular flexibility index (Phi) is 3.42. The molecule has 2 heteroatoms. The number of fused-ring (bicyclic) bond motifs is 3. The minimum Gasteiger partial charge on any atom is -0.256 e. The topological polar surface area (TPSA) is 25.8 Å². The molecule has 1 aliphatic carbocycles. The van der Waals surface area contributed by atoms with Gasteiger partial charge in [-0.3, -0.25) is 4.98 Å². The van der Waals surface area contributed by atoms with E-state index >= 15 is 0 Å². The molecule has 0 aliphatic heterocycles. The van der Waals surface area contributed by atoms with Crippen molar-refractivity contribution in [2.45, 2.75) is 39.5 Å². The maximum Gasteiger partial charge on any atom is 0.0758 e. The molecule has 134 valence electrons. The van der Waals surface area contributed by atoms with Crippen LogP contribution < -0.4 is 0 Å². The molecule has 0 unspecified atom stereocenters. The van der Waals surface area contributed by atoms with Gasteiger partial charge in [0.2, 0.25) is 0 Å². The number of hydrogen-bond donors (Lipinski definition) is 0. The number of rotatable bonds is 2. The summed E-state index contributed by atoms with van der Waals surface area (Å²) >= 11 is 0. The highest BCUT2D eigenvalue weighted by molar-refractivity contribution is 6.02. The third-order valence-corrected chi connectivity index (χ3v) is 5.95. The smallest absolute Gasteiger partial charge is 0.0758 e. The predicted molar refractivity (Wildman–Crippen MR) is 113 cm³/mol. The lowest BCUT2D eigenvalue weighted by Gasteiger charge is -2.34. The first-order chi connectivity index (χ1) is 13.0. The molecule has 0 N–H and O–H groups in total. The molecule has 2 aromatic heterocycles. The van der Waals surface area contributed by atoms with Crippen LogP contribution in [-0.4, -0.2) is 9.97 Å². The minimum absolute atomic E-state index is 0.100. The second-order valence-corrected chi connectivity index (χ2v) is 8.65. The summed E-state index contributed by atoms with van der Waals surface area (Å²) in [6.45, 7) is 9.18. The van der Waals surface area contributed by atoms with Crippen LogP contribution in [0.15, 0.2) is 54.7 Å². The first-order valence-corrected chi connectivity index (χ1v) is 9.78. The maximum absolute atomic E-state index is 5.18. The van der Waals surface area contributed by atoms with Crippen molar-refractivity contribution in [3.63, 3.8) is 0 Å². The van der Waals surface area contributed by atoms with Crippen molar-refractivity contribution >= 4 is 21.8 Å². The third kappa shape index (κ3) is 2.32. The van der Waals surface area contributed by atoms with Gasteiger partial charge in [-0.05, 0) is 53.3 Å². The van der Waals surface area contributed by atoms with E-state index in [1.54, 1.807) is 0 Å². The van der Waals surface area contributed by atoms with Gasteiger partial charge in [0.05, 0.1) is 16.7 Å². The molecule has 5 rings (SSSR count). The average molecular weight is 352 g/mol. The Morgan fingerprint density at radius 2 is 1.70 bits per heavy atom. The normalized spacial score (nSPS) is 14.7. The second kappa shape index (κ2) is 5.63. The van der Waals surface area contributed by atoms with Crippen LogP contribution in [0.5, 0.6) is 0 Å². The van der Waals surface area contributed by atoms with E-state index in [2.05, 4.69) is 81.2 Å². The molecule has 27 heavy (non-hydrogen) atoms. The zero-order valence-electron chi connectivity index (χ0n) is 16.4. The van der Waals surface area contributed by atoms with Crippen LogP contribution in [0.1, 0.15) is 44.4 Å². The van der Waals surface area contributed by atoms with Crippen LogP contribution >= 0.6 is 0 Å². The number of benzene rings is 2. The molecule has 0 radical (unpaired) electrons. The zero-order chi connectivity index (χ0) is 18.8. The molecular formula is C25H24N2. The summed E-state index contributed by atoms with van der Waals surface area (Å²) in [5, 5.41) is 2.55. The first kappa shape index (κ1) is 16.4. The molecule has 0 spiro atoms.